The molecule has 0 unspecified atom stereocenters. The maximum atomic E-state index is 14.1. The molecule has 0 aliphatic carbocycles. The third-order valence-corrected chi connectivity index (χ3v) is 11.3. The molecule has 3 aromatic rings. The van der Waals surface area contributed by atoms with Crippen molar-refractivity contribution in [1.29, 1.82) is 0 Å². The van der Waals surface area contributed by atoms with E-state index in [0.29, 0.717) is 11.3 Å². The van der Waals surface area contributed by atoms with Crippen LogP contribution in [0, 0.1) is 0 Å². The van der Waals surface area contributed by atoms with Gasteiger partial charge in [-0.25, -0.2) is 21.6 Å². The average molecular weight is 769 g/mol. The second-order valence-electron chi connectivity index (χ2n) is 12.7. The van der Waals surface area contributed by atoms with Gasteiger partial charge in [-0.05, 0) is 70.0 Å². The van der Waals surface area contributed by atoms with Crippen molar-refractivity contribution < 1.29 is 36.0 Å². The molecule has 270 valence electrons. The first kappa shape index (κ1) is 39.2. The number of hydrogen-bond acceptors (Lipinski definition) is 10. The third-order valence-electron chi connectivity index (χ3n) is 7.70. The maximum Gasteiger partial charge on any atom is 0.328 e. The van der Waals surface area contributed by atoms with Gasteiger partial charge < -0.3 is 20.7 Å². The number of pyridine rings is 1. The highest BCUT2D eigenvalue weighted by atomic mass is 35.5. The fourth-order valence-corrected chi connectivity index (χ4v) is 8.49. The van der Waals surface area contributed by atoms with E-state index in [0.717, 1.165) is 16.6 Å². The first-order chi connectivity index (χ1) is 23.3. The van der Waals surface area contributed by atoms with Gasteiger partial charge >= 0.3 is 5.97 Å². The van der Waals surface area contributed by atoms with E-state index in [1.807, 2.05) is 20.8 Å². The molecule has 2 amide bonds. The van der Waals surface area contributed by atoms with Crippen molar-refractivity contribution >= 4 is 66.5 Å². The average Bonchev–Trinajstić information content (AvgIpc) is 3.44. The van der Waals surface area contributed by atoms with Crippen LogP contribution in [-0.4, -0.2) is 87.0 Å². The minimum Gasteiger partial charge on any atom is -0.464 e. The van der Waals surface area contributed by atoms with Crippen molar-refractivity contribution in [3.05, 3.63) is 82.1 Å². The predicted molar refractivity (Wildman–Crippen MR) is 189 cm³/mol. The Hall–Kier alpha value is -3.60. The number of benzene rings is 2. The molecule has 0 spiro atoms. The lowest BCUT2D eigenvalue weighted by molar-refractivity contribution is -0.147. The SMILES string of the molecule is CCOC(=O)[C@H](Cc1ccc(NC(=O)c2c(Cl)cncc2Cl)cc1)NC(=O)[C@@H]1[C@@H](NC(C)(C)C)CCN1S(=O)(=O)c1cccc(S(C)(=O)=O)c1. The van der Waals surface area contributed by atoms with Gasteiger partial charge in [0.25, 0.3) is 5.91 Å². The second-order valence-corrected chi connectivity index (χ2v) is 17.5. The van der Waals surface area contributed by atoms with Gasteiger partial charge in [-0.15, -0.1) is 0 Å². The van der Waals surface area contributed by atoms with Crippen LogP contribution in [-0.2, 0) is 40.6 Å². The Balaban J connectivity index is 1.60. The molecular formula is C33H39Cl2N5O8S2. The smallest absolute Gasteiger partial charge is 0.328 e. The largest absolute Gasteiger partial charge is 0.464 e. The number of anilines is 1. The zero-order valence-corrected chi connectivity index (χ0v) is 31.2. The lowest BCUT2D eigenvalue weighted by Crippen LogP contribution is -2.59. The summed E-state index contributed by atoms with van der Waals surface area (Å²) in [6, 6.07) is 8.32. The summed E-state index contributed by atoms with van der Waals surface area (Å²) in [6.45, 7) is 7.25. The molecule has 0 radical (unpaired) electrons. The van der Waals surface area contributed by atoms with Crippen LogP contribution in [0.4, 0.5) is 5.69 Å². The Bertz CT molecular complexity index is 1950. The minimum atomic E-state index is -4.37. The van der Waals surface area contributed by atoms with Crippen molar-refractivity contribution in [3.8, 4) is 0 Å². The standard InChI is InChI=1S/C33H39Cl2N5O8S2/c1-6-48-32(43)27(16-20-10-12-21(13-11-20)37-30(41)28-24(34)18-36-19-25(28)35)38-31(42)29-26(39-33(2,3)4)14-15-40(29)50(46,47)23-9-7-8-22(17-23)49(5,44)45/h7-13,17-19,26-27,29,39H,6,14-16H2,1-5H3,(H,37,41)(H,38,42)/t26-,27-,29-/m0/s1. The molecule has 3 atom stereocenters. The van der Waals surface area contributed by atoms with Crippen LogP contribution in [0.2, 0.25) is 10.0 Å². The molecule has 0 bridgehead atoms. The van der Waals surface area contributed by atoms with Crippen LogP contribution in [0.3, 0.4) is 0 Å². The molecule has 13 nitrogen and oxygen atoms in total. The maximum absolute atomic E-state index is 14.1. The van der Waals surface area contributed by atoms with Crippen molar-refractivity contribution in [3.63, 3.8) is 0 Å². The first-order valence-corrected chi connectivity index (χ1v) is 19.7. The van der Waals surface area contributed by atoms with Crippen LogP contribution >= 0.6 is 23.2 Å². The second kappa shape index (κ2) is 15.7. The predicted octanol–water partition coefficient (Wildman–Crippen LogP) is 3.85. The molecule has 1 aliphatic heterocycles. The molecule has 1 fully saturated rings. The zero-order chi connectivity index (χ0) is 37.0. The van der Waals surface area contributed by atoms with E-state index >= 15 is 0 Å². The molecule has 50 heavy (non-hydrogen) atoms. The highest BCUT2D eigenvalue weighted by Gasteiger charge is 2.47. The van der Waals surface area contributed by atoms with E-state index in [1.54, 1.807) is 31.2 Å². The fourth-order valence-electron chi connectivity index (χ4n) is 5.53. The summed E-state index contributed by atoms with van der Waals surface area (Å²) >= 11 is 12.2. The van der Waals surface area contributed by atoms with E-state index in [2.05, 4.69) is 20.9 Å². The molecule has 1 saturated heterocycles. The number of aromatic nitrogens is 1. The van der Waals surface area contributed by atoms with Gasteiger partial charge in [0.15, 0.2) is 9.84 Å². The molecule has 1 aliphatic rings. The lowest BCUT2D eigenvalue weighted by Gasteiger charge is -2.32. The van der Waals surface area contributed by atoms with Gasteiger partial charge in [-0.2, -0.15) is 4.31 Å². The number of nitrogens with zero attached hydrogens (tertiary/aromatic N) is 2. The quantitative estimate of drug-likeness (QED) is 0.229. The summed E-state index contributed by atoms with van der Waals surface area (Å²) in [7, 11) is -8.09. The highest BCUT2D eigenvalue weighted by Crippen LogP contribution is 2.30. The third kappa shape index (κ3) is 9.59. The summed E-state index contributed by atoms with van der Waals surface area (Å²) in [6.07, 6.45) is 3.82. The van der Waals surface area contributed by atoms with Crippen molar-refractivity contribution in [2.24, 2.45) is 0 Å². The van der Waals surface area contributed by atoms with Crippen LogP contribution in [0.15, 0.2) is 70.7 Å². The molecule has 17 heteroatoms. The van der Waals surface area contributed by atoms with E-state index in [-0.39, 0.29) is 51.4 Å². The number of rotatable bonds is 12. The monoisotopic (exact) mass is 767 g/mol. The van der Waals surface area contributed by atoms with Gasteiger partial charge in [-0.3, -0.25) is 14.6 Å². The topological polar surface area (TPSA) is 181 Å². The number of sulfonamides is 1. The van der Waals surface area contributed by atoms with Crippen molar-refractivity contribution in [1.82, 2.24) is 19.9 Å². The molecular weight excluding hydrogens is 729 g/mol. The molecule has 0 saturated carbocycles. The highest BCUT2D eigenvalue weighted by molar-refractivity contribution is 7.91. The van der Waals surface area contributed by atoms with Crippen LogP contribution in [0.5, 0.6) is 0 Å². The molecule has 4 rings (SSSR count). The van der Waals surface area contributed by atoms with E-state index < -0.39 is 61.3 Å². The zero-order valence-electron chi connectivity index (χ0n) is 28.1. The number of esters is 1. The van der Waals surface area contributed by atoms with Gasteiger partial charge in [-0.1, -0.05) is 41.4 Å². The number of nitrogens with one attached hydrogen (secondary N) is 3. The Labute approximate surface area is 302 Å². The number of sulfone groups is 1. The Morgan fingerprint density at radius 1 is 1.00 bits per heavy atom. The number of amides is 2. The van der Waals surface area contributed by atoms with Gasteiger partial charge in [0.1, 0.15) is 12.1 Å². The number of carbonyl (C=O) groups excluding carboxylic acids is 3. The van der Waals surface area contributed by atoms with Gasteiger partial charge in [0.05, 0.1) is 32.0 Å². The minimum absolute atomic E-state index is 0.0198. The van der Waals surface area contributed by atoms with Crippen molar-refractivity contribution in [2.45, 2.75) is 74.0 Å². The molecule has 3 N–H and O–H groups in total. The summed E-state index contributed by atoms with van der Waals surface area (Å²) in [5.74, 6) is -2.02. The summed E-state index contributed by atoms with van der Waals surface area (Å²) < 4.78 is 58.6. The Morgan fingerprint density at radius 3 is 2.20 bits per heavy atom. The lowest BCUT2D eigenvalue weighted by atomic mass is 10.0. The number of ether oxygens (including phenoxy) is 1. The van der Waals surface area contributed by atoms with Crippen LogP contribution in [0.25, 0.3) is 0 Å². The fraction of sp³-hybridized carbons (Fsp3) is 0.394. The molecule has 1 aromatic heterocycles. The summed E-state index contributed by atoms with van der Waals surface area (Å²) in [5, 5.41) is 8.90. The van der Waals surface area contributed by atoms with E-state index in [9.17, 15) is 31.2 Å². The summed E-state index contributed by atoms with van der Waals surface area (Å²) in [4.78, 5) is 43.4. The van der Waals surface area contributed by atoms with E-state index in [1.165, 1.54) is 30.6 Å². The van der Waals surface area contributed by atoms with Gasteiger partial charge in [0.2, 0.25) is 15.9 Å². The Morgan fingerprint density at radius 2 is 1.62 bits per heavy atom. The van der Waals surface area contributed by atoms with Crippen LogP contribution in [0.1, 0.15) is 50.0 Å². The molecule has 2 aromatic carbocycles. The number of carbonyl (C=O) groups is 3. The first-order valence-electron chi connectivity index (χ1n) is 15.6. The van der Waals surface area contributed by atoms with Crippen LogP contribution < -0.4 is 16.0 Å². The van der Waals surface area contributed by atoms with Crippen molar-refractivity contribution in [2.75, 3.05) is 24.7 Å². The Kier molecular flexibility index (Phi) is 12.3. The number of halogens is 2. The molecule has 2 heterocycles. The number of hydrogen-bond donors (Lipinski definition) is 3. The van der Waals surface area contributed by atoms with E-state index in [4.69, 9.17) is 27.9 Å². The van der Waals surface area contributed by atoms with Gasteiger partial charge in [0, 0.05) is 48.9 Å². The normalized spacial score (nSPS) is 17.6. The summed E-state index contributed by atoms with van der Waals surface area (Å²) in [5.41, 5.74) is 0.551.